The van der Waals surface area contributed by atoms with E-state index in [1.165, 1.54) is 29.5 Å². The molecule has 0 saturated carbocycles. The summed E-state index contributed by atoms with van der Waals surface area (Å²) in [6, 6.07) is 12.3. The highest BCUT2D eigenvalue weighted by molar-refractivity contribution is 5.93. The van der Waals surface area contributed by atoms with Crippen LogP contribution in [-0.2, 0) is 13.0 Å². The minimum Gasteiger partial charge on any atom is -0.491 e. The van der Waals surface area contributed by atoms with E-state index in [1.807, 2.05) is 32.0 Å². The van der Waals surface area contributed by atoms with Crippen LogP contribution in [0, 0.1) is 20.8 Å². The van der Waals surface area contributed by atoms with Crippen LogP contribution in [0.4, 0.5) is 0 Å². The van der Waals surface area contributed by atoms with E-state index in [1.54, 1.807) is 4.80 Å². The van der Waals surface area contributed by atoms with Gasteiger partial charge in [0.2, 0.25) is 0 Å². The van der Waals surface area contributed by atoms with Gasteiger partial charge in [0.1, 0.15) is 12.4 Å². The molecule has 2 aromatic carbocycles. The topological polar surface area (TPSA) is 72.3 Å². The van der Waals surface area contributed by atoms with Crippen molar-refractivity contribution in [2.75, 3.05) is 19.7 Å². The van der Waals surface area contributed by atoms with Crippen LogP contribution in [0.15, 0.2) is 36.4 Å². The molecule has 172 valence electrons. The Balaban J connectivity index is 1.31. The third kappa shape index (κ3) is 4.50. The van der Waals surface area contributed by atoms with Crippen LogP contribution in [0.1, 0.15) is 51.3 Å². The van der Waals surface area contributed by atoms with Crippen LogP contribution in [-0.4, -0.2) is 51.5 Å². The lowest BCUT2D eigenvalue weighted by Crippen LogP contribution is -2.43. The van der Waals surface area contributed by atoms with Gasteiger partial charge >= 0.3 is 0 Å². The average Bonchev–Trinajstić information content (AvgIpc) is 3.44. The lowest BCUT2D eigenvalue weighted by Gasteiger charge is -2.28. The Labute approximate surface area is 194 Å². The molecule has 0 spiro atoms. The number of amides is 1. The van der Waals surface area contributed by atoms with Crippen molar-refractivity contribution in [3.63, 3.8) is 0 Å². The number of rotatable bonds is 5. The summed E-state index contributed by atoms with van der Waals surface area (Å²) >= 11 is 0. The van der Waals surface area contributed by atoms with E-state index in [2.05, 4.69) is 45.5 Å². The van der Waals surface area contributed by atoms with Crippen LogP contribution in [0.2, 0.25) is 0 Å². The lowest BCUT2D eigenvalue weighted by molar-refractivity contribution is 0.0909. The van der Waals surface area contributed by atoms with E-state index >= 15 is 0 Å². The molecule has 0 bridgehead atoms. The summed E-state index contributed by atoms with van der Waals surface area (Å²) in [5.41, 5.74) is 6.59. The lowest BCUT2D eigenvalue weighted by atomic mass is 9.96. The van der Waals surface area contributed by atoms with Crippen LogP contribution < -0.4 is 10.1 Å². The molecule has 1 N–H and O–H groups in total. The molecule has 33 heavy (non-hydrogen) atoms. The molecule has 2 aliphatic heterocycles. The molecule has 1 amide bonds. The van der Waals surface area contributed by atoms with Gasteiger partial charge in [0.05, 0.1) is 17.4 Å². The zero-order valence-electron chi connectivity index (χ0n) is 19.6. The first kappa shape index (κ1) is 21.6. The quantitative estimate of drug-likeness (QED) is 0.651. The van der Waals surface area contributed by atoms with Crippen molar-refractivity contribution in [2.45, 2.75) is 52.6 Å². The molecule has 1 saturated heterocycles. The number of hydrogen-bond donors (Lipinski definition) is 1. The Morgan fingerprint density at radius 1 is 1.12 bits per heavy atom. The molecule has 1 atom stereocenters. The van der Waals surface area contributed by atoms with Crippen LogP contribution in [0.5, 0.6) is 5.75 Å². The second-order valence-corrected chi connectivity index (χ2v) is 9.28. The van der Waals surface area contributed by atoms with Crippen LogP contribution in [0.3, 0.4) is 0 Å². The number of aryl methyl sites for hydroxylation is 3. The maximum atomic E-state index is 13.1. The summed E-state index contributed by atoms with van der Waals surface area (Å²) in [5.74, 6) is 0.728. The first-order valence-electron chi connectivity index (χ1n) is 11.8. The van der Waals surface area contributed by atoms with Crippen molar-refractivity contribution in [1.82, 2.24) is 25.2 Å². The average molecular weight is 446 g/mol. The fraction of sp³-hybridized carbons (Fsp3) is 0.423. The number of nitrogens with one attached hydrogen (secondary N) is 1. The van der Waals surface area contributed by atoms with E-state index in [9.17, 15) is 4.79 Å². The molecular formula is C26H31N5O2. The second kappa shape index (κ2) is 8.98. The summed E-state index contributed by atoms with van der Waals surface area (Å²) in [7, 11) is 0. The number of ether oxygens (including phenoxy) is 1. The van der Waals surface area contributed by atoms with E-state index in [0.717, 1.165) is 43.1 Å². The fourth-order valence-electron chi connectivity index (χ4n) is 4.88. The standard InChI is InChI=1S/C26H31N5O2/c1-17-9-10-23(18(2)13-17)31-28-19(3)25(29-31)26(32)27-21-14-22-20(15-30-11-4-5-12-30)7-6-8-24(22)33-16-21/h6-10,13,21H,4-5,11-12,14-16H2,1-3H3,(H,27,32)/t21-/m0/s1. The molecule has 7 heteroatoms. The van der Waals surface area contributed by atoms with Gasteiger partial charge in [0.15, 0.2) is 5.69 Å². The van der Waals surface area contributed by atoms with Gasteiger partial charge in [-0.25, -0.2) is 0 Å². The van der Waals surface area contributed by atoms with Crippen molar-refractivity contribution < 1.29 is 9.53 Å². The Kier molecular flexibility index (Phi) is 5.89. The van der Waals surface area contributed by atoms with Gasteiger partial charge in [-0.1, -0.05) is 29.8 Å². The number of likely N-dealkylation sites (tertiary alicyclic amines) is 1. The maximum Gasteiger partial charge on any atom is 0.274 e. The van der Waals surface area contributed by atoms with Gasteiger partial charge in [-0.15, -0.1) is 5.10 Å². The molecule has 5 rings (SSSR count). The van der Waals surface area contributed by atoms with Crippen LogP contribution in [0.25, 0.3) is 5.69 Å². The predicted octanol–water partition coefficient (Wildman–Crippen LogP) is 3.52. The molecule has 3 aromatic rings. The minimum absolute atomic E-state index is 0.101. The Bertz CT molecular complexity index is 1180. The molecule has 2 aliphatic rings. The van der Waals surface area contributed by atoms with Crippen molar-refractivity contribution in [3.8, 4) is 11.4 Å². The Hall–Kier alpha value is -3.19. The van der Waals surface area contributed by atoms with Crippen molar-refractivity contribution in [1.29, 1.82) is 0 Å². The SMILES string of the molecule is Cc1ccc(-n2nc(C)c(C(=O)N[C@@H]3COc4cccc(CN5CCCC5)c4C3)n2)c(C)c1. The van der Waals surface area contributed by atoms with E-state index in [4.69, 9.17) is 4.74 Å². The summed E-state index contributed by atoms with van der Waals surface area (Å²) in [5, 5.41) is 12.1. The third-order valence-electron chi connectivity index (χ3n) is 6.61. The van der Waals surface area contributed by atoms with E-state index in [-0.39, 0.29) is 11.9 Å². The molecular weight excluding hydrogens is 414 g/mol. The first-order valence-corrected chi connectivity index (χ1v) is 11.8. The molecule has 0 aliphatic carbocycles. The molecule has 1 fully saturated rings. The number of fused-ring (bicyclic) bond motifs is 1. The first-order chi connectivity index (χ1) is 16.0. The number of nitrogens with zero attached hydrogens (tertiary/aromatic N) is 4. The van der Waals surface area contributed by atoms with Crippen molar-refractivity contribution in [3.05, 3.63) is 70.0 Å². The molecule has 7 nitrogen and oxygen atoms in total. The number of benzene rings is 2. The monoisotopic (exact) mass is 445 g/mol. The molecule has 0 unspecified atom stereocenters. The minimum atomic E-state index is -0.211. The van der Waals surface area contributed by atoms with Gasteiger partial charge in [-0.3, -0.25) is 9.69 Å². The number of hydrogen-bond acceptors (Lipinski definition) is 5. The summed E-state index contributed by atoms with van der Waals surface area (Å²) in [4.78, 5) is 17.2. The van der Waals surface area contributed by atoms with Gasteiger partial charge in [0.25, 0.3) is 5.91 Å². The largest absolute Gasteiger partial charge is 0.491 e. The van der Waals surface area contributed by atoms with E-state index in [0.29, 0.717) is 18.0 Å². The smallest absolute Gasteiger partial charge is 0.274 e. The van der Waals surface area contributed by atoms with Crippen molar-refractivity contribution >= 4 is 5.91 Å². The Morgan fingerprint density at radius 2 is 1.94 bits per heavy atom. The summed E-state index contributed by atoms with van der Waals surface area (Å²) in [6.07, 6.45) is 3.30. The highest BCUT2D eigenvalue weighted by Crippen LogP contribution is 2.29. The summed E-state index contributed by atoms with van der Waals surface area (Å²) in [6.45, 7) is 9.60. The maximum absolute atomic E-state index is 13.1. The third-order valence-corrected chi connectivity index (χ3v) is 6.61. The number of carbonyl (C=O) groups is 1. The van der Waals surface area contributed by atoms with Crippen LogP contribution >= 0.6 is 0 Å². The zero-order chi connectivity index (χ0) is 22.9. The molecule has 3 heterocycles. The fourth-order valence-corrected chi connectivity index (χ4v) is 4.88. The van der Waals surface area contributed by atoms with Gasteiger partial charge in [-0.05, 0) is 76.4 Å². The van der Waals surface area contributed by atoms with Crippen molar-refractivity contribution in [2.24, 2.45) is 0 Å². The number of carbonyl (C=O) groups excluding carboxylic acids is 1. The van der Waals surface area contributed by atoms with Gasteiger partial charge < -0.3 is 10.1 Å². The zero-order valence-corrected chi connectivity index (χ0v) is 19.6. The predicted molar refractivity (Wildman–Crippen MR) is 127 cm³/mol. The second-order valence-electron chi connectivity index (χ2n) is 9.28. The Morgan fingerprint density at radius 3 is 2.73 bits per heavy atom. The highest BCUT2D eigenvalue weighted by atomic mass is 16.5. The highest BCUT2D eigenvalue weighted by Gasteiger charge is 2.27. The van der Waals surface area contributed by atoms with Gasteiger partial charge in [-0.2, -0.15) is 9.90 Å². The summed E-state index contributed by atoms with van der Waals surface area (Å²) < 4.78 is 6.04. The normalized spacial score (nSPS) is 18.1. The van der Waals surface area contributed by atoms with Gasteiger partial charge in [0, 0.05) is 12.1 Å². The molecule has 0 radical (unpaired) electrons. The number of aromatic nitrogens is 3. The van der Waals surface area contributed by atoms with E-state index < -0.39 is 0 Å². The molecule has 1 aromatic heterocycles.